The zero-order chi connectivity index (χ0) is 14.8. The number of nitrogens with zero attached hydrogens (tertiary/aromatic N) is 2. The minimum Gasteiger partial charge on any atom is -0.258 e. The fourth-order valence-corrected chi connectivity index (χ4v) is 3.07. The smallest absolute Gasteiger partial charge is 0.258 e. The molecule has 1 saturated carbocycles. The van der Waals surface area contributed by atoms with E-state index in [0.717, 1.165) is 31.2 Å². The minimum atomic E-state index is -0.346. The van der Waals surface area contributed by atoms with Crippen molar-refractivity contribution in [2.45, 2.75) is 46.0 Å². The van der Waals surface area contributed by atoms with E-state index in [9.17, 15) is 15.4 Å². The summed E-state index contributed by atoms with van der Waals surface area (Å²) in [5.41, 5.74) is 1.45. The molecule has 1 fully saturated rings. The molecule has 1 aliphatic carbocycles. The van der Waals surface area contributed by atoms with Gasteiger partial charge in [-0.15, -0.1) is 0 Å². The highest BCUT2D eigenvalue weighted by molar-refractivity contribution is 5.45. The van der Waals surface area contributed by atoms with Crippen molar-refractivity contribution < 1.29 is 4.92 Å². The predicted molar refractivity (Wildman–Crippen MR) is 77.2 cm³/mol. The Morgan fingerprint density at radius 1 is 1.45 bits per heavy atom. The quantitative estimate of drug-likeness (QED) is 0.612. The number of benzene rings is 1. The van der Waals surface area contributed by atoms with Crippen LogP contribution < -0.4 is 0 Å². The fourth-order valence-electron chi connectivity index (χ4n) is 3.07. The minimum absolute atomic E-state index is 0.153. The van der Waals surface area contributed by atoms with Gasteiger partial charge in [-0.3, -0.25) is 10.1 Å². The average Bonchev–Trinajstić information content (AvgIpc) is 2.43. The average molecular weight is 272 g/mol. The van der Waals surface area contributed by atoms with Gasteiger partial charge in [0.1, 0.15) is 0 Å². The summed E-state index contributed by atoms with van der Waals surface area (Å²) in [6.45, 7) is 4.00. The first kappa shape index (κ1) is 14.5. The lowest BCUT2D eigenvalue weighted by atomic mass is 9.68. The SMILES string of the molecule is Cc1c(CC2(C#N)CCC(C)CC2)cccc1[N+](=O)[O-]. The molecule has 106 valence electrons. The second-order valence-electron chi connectivity index (χ2n) is 6.07. The molecule has 0 atom stereocenters. The van der Waals surface area contributed by atoms with Crippen LogP contribution in [-0.2, 0) is 6.42 Å². The Hall–Kier alpha value is -1.89. The van der Waals surface area contributed by atoms with Gasteiger partial charge in [0.05, 0.1) is 16.4 Å². The summed E-state index contributed by atoms with van der Waals surface area (Å²) in [6, 6.07) is 7.66. The maximum atomic E-state index is 11.0. The molecule has 0 heterocycles. The lowest BCUT2D eigenvalue weighted by Gasteiger charge is -2.34. The van der Waals surface area contributed by atoms with Crippen LogP contribution in [0.5, 0.6) is 0 Å². The van der Waals surface area contributed by atoms with Gasteiger partial charge in [0.15, 0.2) is 0 Å². The maximum absolute atomic E-state index is 11.0. The van der Waals surface area contributed by atoms with Crippen LogP contribution in [-0.4, -0.2) is 4.92 Å². The summed E-state index contributed by atoms with van der Waals surface area (Å²) < 4.78 is 0. The second kappa shape index (κ2) is 5.62. The number of rotatable bonds is 3. The molecule has 1 aromatic rings. The van der Waals surface area contributed by atoms with Gasteiger partial charge in [0.2, 0.25) is 0 Å². The van der Waals surface area contributed by atoms with E-state index in [0.29, 0.717) is 17.9 Å². The van der Waals surface area contributed by atoms with Crippen molar-refractivity contribution in [1.29, 1.82) is 5.26 Å². The lowest BCUT2D eigenvalue weighted by Crippen LogP contribution is -2.28. The Labute approximate surface area is 119 Å². The van der Waals surface area contributed by atoms with Crippen LogP contribution in [0.15, 0.2) is 18.2 Å². The summed E-state index contributed by atoms with van der Waals surface area (Å²) in [4.78, 5) is 10.7. The molecule has 0 aromatic heterocycles. The van der Waals surface area contributed by atoms with Crippen molar-refractivity contribution in [1.82, 2.24) is 0 Å². The van der Waals surface area contributed by atoms with E-state index in [1.165, 1.54) is 6.07 Å². The van der Waals surface area contributed by atoms with Crippen molar-refractivity contribution in [2.75, 3.05) is 0 Å². The van der Waals surface area contributed by atoms with Crippen molar-refractivity contribution in [3.63, 3.8) is 0 Å². The molecule has 2 rings (SSSR count). The molecule has 0 amide bonds. The number of nitro groups is 1. The van der Waals surface area contributed by atoms with Crippen LogP contribution in [0.1, 0.15) is 43.7 Å². The third kappa shape index (κ3) is 2.82. The zero-order valence-corrected chi connectivity index (χ0v) is 12.1. The van der Waals surface area contributed by atoms with Crippen LogP contribution in [0.25, 0.3) is 0 Å². The Bertz CT molecular complexity index is 552. The molecule has 0 aliphatic heterocycles. The van der Waals surface area contributed by atoms with Gasteiger partial charge in [-0.2, -0.15) is 5.26 Å². The largest absolute Gasteiger partial charge is 0.272 e. The summed E-state index contributed by atoms with van der Waals surface area (Å²) in [6.07, 6.45) is 4.56. The van der Waals surface area contributed by atoms with E-state index in [1.54, 1.807) is 13.0 Å². The molecule has 4 nitrogen and oxygen atoms in total. The number of hydrogen-bond acceptors (Lipinski definition) is 3. The first-order valence-electron chi connectivity index (χ1n) is 7.11. The summed E-state index contributed by atoms with van der Waals surface area (Å²) in [7, 11) is 0. The van der Waals surface area contributed by atoms with Crippen molar-refractivity contribution in [3.05, 3.63) is 39.4 Å². The van der Waals surface area contributed by atoms with Gasteiger partial charge in [-0.1, -0.05) is 19.1 Å². The molecule has 1 aliphatic rings. The van der Waals surface area contributed by atoms with Gasteiger partial charge in [0, 0.05) is 11.6 Å². The molecule has 0 N–H and O–H groups in total. The zero-order valence-electron chi connectivity index (χ0n) is 12.1. The summed E-state index contributed by atoms with van der Waals surface area (Å²) >= 11 is 0. The second-order valence-corrected chi connectivity index (χ2v) is 6.07. The Morgan fingerprint density at radius 3 is 2.65 bits per heavy atom. The van der Waals surface area contributed by atoms with Crippen molar-refractivity contribution in [3.8, 4) is 6.07 Å². The highest BCUT2D eigenvalue weighted by Gasteiger charge is 2.35. The molecule has 0 radical (unpaired) electrons. The van der Waals surface area contributed by atoms with Crippen molar-refractivity contribution >= 4 is 5.69 Å². The molecule has 1 aromatic carbocycles. The molecule has 4 heteroatoms. The Kier molecular flexibility index (Phi) is 4.08. The number of nitriles is 1. The Morgan fingerprint density at radius 2 is 2.10 bits per heavy atom. The molecular weight excluding hydrogens is 252 g/mol. The predicted octanol–water partition coefficient (Wildman–Crippen LogP) is 4.17. The highest BCUT2D eigenvalue weighted by Crippen LogP contribution is 2.41. The van der Waals surface area contributed by atoms with Crippen molar-refractivity contribution in [2.24, 2.45) is 11.3 Å². The summed E-state index contributed by atoms with van der Waals surface area (Å²) in [5.74, 6) is 0.683. The first-order chi connectivity index (χ1) is 9.47. The van der Waals surface area contributed by atoms with E-state index in [-0.39, 0.29) is 16.0 Å². The van der Waals surface area contributed by atoms with Gasteiger partial charge in [-0.25, -0.2) is 0 Å². The van der Waals surface area contributed by atoms with E-state index < -0.39 is 0 Å². The third-order valence-electron chi connectivity index (χ3n) is 4.61. The molecule has 0 saturated heterocycles. The lowest BCUT2D eigenvalue weighted by molar-refractivity contribution is -0.385. The van der Waals surface area contributed by atoms with Gasteiger partial charge in [-0.05, 0) is 50.5 Å². The van der Waals surface area contributed by atoms with Crippen LogP contribution in [0.4, 0.5) is 5.69 Å². The fraction of sp³-hybridized carbons (Fsp3) is 0.562. The van der Waals surface area contributed by atoms with Gasteiger partial charge < -0.3 is 0 Å². The van der Waals surface area contributed by atoms with Crippen LogP contribution >= 0.6 is 0 Å². The number of nitro benzene ring substituents is 1. The summed E-state index contributed by atoms with van der Waals surface area (Å²) in [5, 5.41) is 20.6. The molecule has 0 bridgehead atoms. The molecular formula is C16H20N2O2. The van der Waals surface area contributed by atoms with E-state index in [1.807, 2.05) is 6.07 Å². The normalized spacial score (nSPS) is 25.9. The monoisotopic (exact) mass is 272 g/mol. The van der Waals surface area contributed by atoms with Gasteiger partial charge >= 0.3 is 0 Å². The van der Waals surface area contributed by atoms with Gasteiger partial charge in [0.25, 0.3) is 5.69 Å². The molecule has 0 spiro atoms. The molecule has 0 unspecified atom stereocenters. The molecule has 20 heavy (non-hydrogen) atoms. The first-order valence-corrected chi connectivity index (χ1v) is 7.11. The van der Waals surface area contributed by atoms with Crippen LogP contribution in [0, 0.1) is 39.7 Å². The third-order valence-corrected chi connectivity index (χ3v) is 4.61. The highest BCUT2D eigenvalue weighted by atomic mass is 16.6. The maximum Gasteiger partial charge on any atom is 0.272 e. The topological polar surface area (TPSA) is 66.9 Å². The van der Waals surface area contributed by atoms with Crippen LogP contribution in [0.2, 0.25) is 0 Å². The van der Waals surface area contributed by atoms with E-state index in [2.05, 4.69) is 13.0 Å². The van der Waals surface area contributed by atoms with E-state index >= 15 is 0 Å². The standard InChI is InChI=1S/C16H20N2O2/c1-12-6-8-16(11-17,9-7-12)10-14-4-3-5-15(13(14)2)18(19)20/h3-5,12H,6-10H2,1-2H3. The van der Waals surface area contributed by atoms with E-state index in [4.69, 9.17) is 0 Å². The number of hydrogen-bond donors (Lipinski definition) is 0. The van der Waals surface area contributed by atoms with Crippen LogP contribution in [0.3, 0.4) is 0 Å². The Balaban J connectivity index is 2.27.